The van der Waals surface area contributed by atoms with Gasteiger partial charge in [0.25, 0.3) is 5.91 Å². The highest BCUT2D eigenvalue weighted by molar-refractivity contribution is 7.89. The number of aliphatic hydroxyl groups excluding tert-OH is 1. The van der Waals surface area contributed by atoms with Crippen LogP contribution in [-0.4, -0.2) is 92.9 Å². The number of primary sulfonamides is 1. The van der Waals surface area contributed by atoms with E-state index in [2.05, 4.69) is 16.0 Å². The first kappa shape index (κ1) is 30.7. The van der Waals surface area contributed by atoms with Gasteiger partial charge >= 0.3 is 6.03 Å². The lowest BCUT2D eigenvalue weighted by atomic mass is 9.99. The highest BCUT2D eigenvalue weighted by Crippen LogP contribution is 2.30. The molecule has 0 aromatic heterocycles. The maximum Gasteiger partial charge on any atom is 0.318 e. The third-order valence-electron chi connectivity index (χ3n) is 8.03. The molecule has 5 atom stereocenters. The lowest BCUT2D eigenvalue weighted by Gasteiger charge is -2.34. The van der Waals surface area contributed by atoms with E-state index < -0.39 is 46.3 Å². The smallest absolute Gasteiger partial charge is 0.318 e. The number of ether oxygens (including phenoxy) is 2. The molecule has 14 heteroatoms. The number of nitrogens with one attached hydrogen (secondary N) is 3. The maximum absolute atomic E-state index is 13.5. The Morgan fingerprint density at radius 2 is 1.86 bits per heavy atom. The van der Waals surface area contributed by atoms with Crippen LogP contribution in [0.1, 0.15) is 43.0 Å². The number of urea groups is 1. The molecule has 0 saturated carbocycles. The second kappa shape index (κ2) is 12.9. The zero-order valence-electron chi connectivity index (χ0n) is 23.8. The monoisotopic (exact) mass is 615 g/mol. The zero-order valence-corrected chi connectivity index (χ0v) is 24.6. The molecule has 0 unspecified atom stereocenters. The van der Waals surface area contributed by atoms with Gasteiger partial charge in [-0.25, -0.2) is 18.4 Å². The Labute approximate surface area is 250 Å². The lowest BCUT2D eigenvalue weighted by Crippen LogP contribution is -2.52. The van der Waals surface area contributed by atoms with E-state index in [0.717, 1.165) is 0 Å². The number of sulfonamides is 1. The molecule has 6 N–H and O–H groups in total. The molecule has 2 fully saturated rings. The van der Waals surface area contributed by atoms with Crippen LogP contribution in [0.3, 0.4) is 0 Å². The van der Waals surface area contributed by atoms with Crippen LogP contribution in [0, 0.1) is 0 Å². The van der Waals surface area contributed by atoms with E-state index in [0.29, 0.717) is 42.7 Å². The first-order valence-corrected chi connectivity index (χ1v) is 15.9. The molecule has 4 amide bonds. The second-order valence-corrected chi connectivity index (χ2v) is 12.6. The van der Waals surface area contributed by atoms with Crippen LogP contribution >= 0.6 is 0 Å². The van der Waals surface area contributed by atoms with Gasteiger partial charge in [0.2, 0.25) is 15.9 Å². The molecule has 232 valence electrons. The van der Waals surface area contributed by atoms with Crippen LogP contribution in [0.15, 0.2) is 47.4 Å². The molecular formula is C29H37N5O8S. The van der Waals surface area contributed by atoms with E-state index in [-0.39, 0.29) is 48.6 Å². The number of carbonyl (C=O) groups is 3. The highest BCUT2D eigenvalue weighted by atomic mass is 32.2. The van der Waals surface area contributed by atoms with Crippen molar-refractivity contribution in [3.8, 4) is 16.9 Å². The summed E-state index contributed by atoms with van der Waals surface area (Å²) < 4.78 is 35.6. The topological polar surface area (TPSA) is 189 Å². The van der Waals surface area contributed by atoms with E-state index in [1.807, 2.05) is 0 Å². The summed E-state index contributed by atoms with van der Waals surface area (Å²) in [6, 6.07) is 9.41. The average Bonchev–Trinajstić information content (AvgIpc) is 3.40. The predicted molar refractivity (Wildman–Crippen MR) is 156 cm³/mol. The van der Waals surface area contributed by atoms with Crippen LogP contribution in [0.5, 0.6) is 5.75 Å². The average molecular weight is 616 g/mol. The molecule has 3 aliphatic rings. The van der Waals surface area contributed by atoms with Gasteiger partial charge in [-0.1, -0.05) is 18.2 Å². The molecule has 0 spiro atoms. The lowest BCUT2D eigenvalue weighted by molar-refractivity contribution is -0.133. The van der Waals surface area contributed by atoms with Gasteiger partial charge in [0.1, 0.15) is 17.9 Å². The molecule has 4 bridgehead atoms. The zero-order chi connectivity index (χ0) is 30.7. The van der Waals surface area contributed by atoms with Crippen molar-refractivity contribution >= 4 is 27.9 Å². The minimum absolute atomic E-state index is 0.0157. The number of carbonyl (C=O) groups excluding carboxylic acids is 3. The quantitative estimate of drug-likeness (QED) is 0.334. The van der Waals surface area contributed by atoms with E-state index in [1.54, 1.807) is 37.3 Å². The highest BCUT2D eigenvalue weighted by Gasteiger charge is 2.41. The summed E-state index contributed by atoms with van der Waals surface area (Å²) in [6.45, 7) is 2.60. The Hall–Kier alpha value is -3.72. The van der Waals surface area contributed by atoms with E-state index in [4.69, 9.17) is 14.6 Å². The summed E-state index contributed by atoms with van der Waals surface area (Å²) in [4.78, 5) is 41.0. The normalized spacial score (nSPS) is 26.5. The molecule has 13 nitrogen and oxygen atoms in total. The van der Waals surface area contributed by atoms with Crippen molar-refractivity contribution in [2.75, 3.05) is 26.2 Å². The molecule has 0 aliphatic carbocycles. The number of nitrogens with two attached hydrogens (primary N) is 1. The number of amides is 4. The molecule has 3 heterocycles. The SMILES string of the molecule is CCNC(=O)N1C[C@@H]2C[C@H]1C(=O)NC[C@H]1O[C@H](CCOc3cc(-c4ccc(S(N)(=O)=O)cc4)ccc3C(=O)N2)CC[C@@H]1O. The third kappa shape index (κ3) is 7.09. The number of nitrogens with zero attached hydrogens (tertiary/aromatic N) is 1. The Bertz CT molecular complexity index is 1470. The first-order chi connectivity index (χ1) is 20.5. The van der Waals surface area contributed by atoms with E-state index in [9.17, 15) is 27.9 Å². The molecular weight excluding hydrogens is 578 g/mol. The summed E-state index contributed by atoms with van der Waals surface area (Å²) in [5, 5.41) is 24.3. The third-order valence-corrected chi connectivity index (χ3v) is 8.96. The van der Waals surface area contributed by atoms with Crippen LogP contribution in [0.4, 0.5) is 4.79 Å². The number of hydrogen-bond donors (Lipinski definition) is 5. The molecule has 2 aromatic carbocycles. The molecule has 2 saturated heterocycles. The van der Waals surface area contributed by atoms with Crippen molar-refractivity contribution in [2.45, 2.75) is 67.9 Å². The van der Waals surface area contributed by atoms with Crippen LogP contribution in [0.2, 0.25) is 0 Å². The van der Waals surface area contributed by atoms with Gasteiger partial charge in [-0.05, 0) is 61.6 Å². The number of likely N-dealkylation sites (tertiary alicyclic amines) is 1. The largest absolute Gasteiger partial charge is 0.493 e. The fraction of sp³-hybridized carbons (Fsp3) is 0.483. The van der Waals surface area contributed by atoms with E-state index >= 15 is 0 Å². The van der Waals surface area contributed by atoms with Crippen LogP contribution in [0.25, 0.3) is 11.1 Å². The number of hydrogen-bond acceptors (Lipinski definition) is 8. The number of rotatable bonds is 3. The van der Waals surface area contributed by atoms with Crippen molar-refractivity contribution in [3.05, 3.63) is 48.0 Å². The first-order valence-electron chi connectivity index (χ1n) is 14.4. The van der Waals surface area contributed by atoms with E-state index in [1.165, 1.54) is 17.0 Å². The van der Waals surface area contributed by atoms with Gasteiger partial charge in [0.15, 0.2) is 0 Å². The fourth-order valence-corrected chi connectivity index (χ4v) is 6.26. The van der Waals surface area contributed by atoms with Gasteiger partial charge in [0, 0.05) is 32.1 Å². The van der Waals surface area contributed by atoms with Crippen LogP contribution < -0.4 is 25.8 Å². The number of fused-ring (bicyclic) bond motifs is 5. The van der Waals surface area contributed by atoms with Gasteiger partial charge in [-0.3, -0.25) is 9.59 Å². The molecule has 2 aromatic rings. The number of aliphatic hydroxyl groups is 1. The summed E-state index contributed by atoms with van der Waals surface area (Å²) >= 11 is 0. The summed E-state index contributed by atoms with van der Waals surface area (Å²) in [5.74, 6) is -0.482. The second-order valence-electron chi connectivity index (χ2n) is 11.0. The molecule has 43 heavy (non-hydrogen) atoms. The van der Waals surface area contributed by atoms with Crippen molar-refractivity contribution in [1.29, 1.82) is 0 Å². The van der Waals surface area contributed by atoms with Gasteiger partial charge in [-0.15, -0.1) is 0 Å². The fourth-order valence-electron chi connectivity index (χ4n) is 5.74. The Morgan fingerprint density at radius 3 is 2.58 bits per heavy atom. The van der Waals surface area contributed by atoms with Gasteiger partial charge < -0.3 is 35.4 Å². The Kier molecular flexibility index (Phi) is 9.20. The maximum atomic E-state index is 13.5. The van der Waals surface area contributed by atoms with Gasteiger partial charge in [-0.2, -0.15) is 0 Å². The van der Waals surface area contributed by atoms with Crippen molar-refractivity contribution in [3.63, 3.8) is 0 Å². The predicted octanol–water partition coefficient (Wildman–Crippen LogP) is 0.710. The summed E-state index contributed by atoms with van der Waals surface area (Å²) in [6.07, 6.45) is 0.220. The van der Waals surface area contributed by atoms with Gasteiger partial charge in [0.05, 0.1) is 29.3 Å². The minimum atomic E-state index is -3.85. The molecule has 0 radical (unpaired) electrons. The van der Waals surface area contributed by atoms with Crippen molar-refractivity contribution in [1.82, 2.24) is 20.9 Å². The Balaban J connectivity index is 1.45. The van der Waals surface area contributed by atoms with Crippen molar-refractivity contribution in [2.24, 2.45) is 5.14 Å². The van der Waals surface area contributed by atoms with Crippen molar-refractivity contribution < 1.29 is 37.4 Å². The molecule has 3 aliphatic heterocycles. The molecule has 5 rings (SSSR count). The number of benzene rings is 2. The summed E-state index contributed by atoms with van der Waals surface area (Å²) in [5.41, 5.74) is 1.66. The summed E-state index contributed by atoms with van der Waals surface area (Å²) in [7, 11) is -3.85. The Morgan fingerprint density at radius 1 is 1.12 bits per heavy atom. The van der Waals surface area contributed by atoms with Crippen LogP contribution in [-0.2, 0) is 19.6 Å². The minimum Gasteiger partial charge on any atom is -0.493 e. The standard InChI is InChI=1S/C29H37N5O8S/c1-2-31-29(38)34-16-19-14-23(34)28(37)32-15-26-24(35)10-6-20(42-26)11-12-41-25-13-18(5-9-22(25)27(36)33-19)17-3-7-21(8-4-17)43(30,39)40/h3-5,7-9,13,19-20,23-24,26,35H,2,6,10-12,14-16H2,1H3,(H,31,38)(H,32,37)(H,33,36)(H2,30,39,40)/t19-,20-,23-,24-,26+/m0/s1.